The third-order valence-electron chi connectivity index (χ3n) is 4.12. The van der Waals surface area contributed by atoms with E-state index >= 15 is 0 Å². The van der Waals surface area contributed by atoms with Crippen molar-refractivity contribution in [3.8, 4) is 0 Å². The number of carbonyl (C=O) groups is 1. The molecule has 6 nitrogen and oxygen atoms in total. The molecule has 1 saturated heterocycles. The average molecular weight is 326 g/mol. The second-order valence-electron chi connectivity index (χ2n) is 6.08. The Balaban J connectivity index is 1.70. The van der Waals surface area contributed by atoms with E-state index in [4.69, 9.17) is 0 Å². The molecule has 3 heterocycles. The Bertz CT molecular complexity index is 720. The first-order chi connectivity index (χ1) is 11.6. The van der Waals surface area contributed by atoms with Gasteiger partial charge >= 0.3 is 0 Å². The smallest absolute Gasteiger partial charge is 0.270 e. The highest BCUT2D eigenvalue weighted by Gasteiger charge is 2.21. The molecule has 3 rings (SSSR count). The number of nitrogens with one attached hydrogen (secondary N) is 1. The summed E-state index contributed by atoms with van der Waals surface area (Å²) in [4.78, 5) is 23.0. The van der Waals surface area contributed by atoms with E-state index in [0.29, 0.717) is 18.8 Å². The Kier molecular flexibility index (Phi) is 5.05. The minimum Gasteiger partial charge on any atom is -0.391 e. The third-order valence-corrected chi connectivity index (χ3v) is 4.12. The Labute approximate surface area is 141 Å². The first-order valence-electron chi connectivity index (χ1n) is 8.22. The summed E-state index contributed by atoms with van der Waals surface area (Å²) >= 11 is 0. The van der Waals surface area contributed by atoms with Gasteiger partial charge in [0.15, 0.2) is 0 Å². The van der Waals surface area contributed by atoms with Crippen LogP contribution in [0.4, 0.5) is 5.82 Å². The van der Waals surface area contributed by atoms with Gasteiger partial charge in [-0.05, 0) is 38.0 Å². The summed E-state index contributed by atoms with van der Waals surface area (Å²) < 4.78 is 0. The van der Waals surface area contributed by atoms with E-state index in [1.807, 2.05) is 31.2 Å². The van der Waals surface area contributed by atoms with E-state index in [1.165, 1.54) is 0 Å². The molecule has 1 amide bonds. The topological polar surface area (TPSA) is 78.4 Å². The number of β-amino-alcohol motifs (C(OH)–C–C–N with tert-alkyl or cyclic N) is 1. The molecule has 24 heavy (non-hydrogen) atoms. The quantitative estimate of drug-likeness (QED) is 0.894. The van der Waals surface area contributed by atoms with Crippen LogP contribution in [0, 0.1) is 6.92 Å². The molecule has 2 aromatic heterocycles. The van der Waals surface area contributed by atoms with Gasteiger partial charge in [-0.2, -0.15) is 0 Å². The fourth-order valence-corrected chi connectivity index (χ4v) is 2.94. The number of pyridine rings is 2. The number of aliphatic hydroxyl groups is 1. The Morgan fingerprint density at radius 2 is 2.25 bits per heavy atom. The van der Waals surface area contributed by atoms with Crippen LogP contribution in [0.1, 0.15) is 34.6 Å². The number of carbonyl (C=O) groups excluding carboxylic acids is 1. The number of aliphatic hydroxyl groups excluding tert-OH is 1. The summed E-state index contributed by atoms with van der Waals surface area (Å²) in [6.45, 7) is 3.69. The maximum Gasteiger partial charge on any atom is 0.270 e. The van der Waals surface area contributed by atoms with E-state index < -0.39 is 0 Å². The monoisotopic (exact) mass is 326 g/mol. The molecule has 6 heteroatoms. The lowest BCUT2D eigenvalue weighted by atomic mass is 10.1. The number of aromatic nitrogens is 2. The van der Waals surface area contributed by atoms with Gasteiger partial charge in [0.25, 0.3) is 5.91 Å². The molecule has 0 aliphatic carbocycles. The number of rotatable bonds is 4. The van der Waals surface area contributed by atoms with E-state index in [9.17, 15) is 9.90 Å². The summed E-state index contributed by atoms with van der Waals surface area (Å²) in [5.74, 6) is 0.626. The van der Waals surface area contributed by atoms with E-state index in [0.717, 1.165) is 36.5 Å². The fourth-order valence-electron chi connectivity index (χ4n) is 2.94. The molecule has 2 aromatic rings. The van der Waals surface area contributed by atoms with Crippen molar-refractivity contribution in [1.82, 2.24) is 15.3 Å². The molecular formula is C18H22N4O2. The highest BCUT2D eigenvalue weighted by molar-refractivity contribution is 5.92. The van der Waals surface area contributed by atoms with Crippen molar-refractivity contribution in [3.05, 3.63) is 53.5 Å². The lowest BCUT2D eigenvalue weighted by Crippen LogP contribution is -2.39. The molecule has 0 saturated carbocycles. The molecule has 126 valence electrons. The number of hydrogen-bond acceptors (Lipinski definition) is 5. The van der Waals surface area contributed by atoms with Crippen molar-refractivity contribution in [1.29, 1.82) is 0 Å². The molecule has 0 radical (unpaired) electrons. The SMILES string of the molecule is Cc1cccc(C(=O)NCc2cccnc2N2CCC[C@H](O)C2)n1. The van der Waals surface area contributed by atoms with Gasteiger partial charge in [0.2, 0.25) is 0 Å². The zero-order valence-corrected chi connectivity index (χ0v) is 13.8. The number of piperidine rings is 1. The standard InChI is InChI=1S/C18H22N4O2/c1-13-5-2-8-16(21-13)18(24)20-11-14-6-3-9-19-17(14)22-10-4-7-15(23)12-22/h2-3,5-6,8-9,15,23H,4,7,10-12H2,1H3,(H,20,24)/t15-/m0/s1. The van der Waals surface area contributed by atoms with Gasteiger partial charge in [-0.25, -0.2) is 9.97 Å². The number of nitrogens with zero attached hydrogens (tertiary/aromatic N) is 3. The van der Waals surface area contributed by atoms with E-state index in [2.05, 4.69) is 20.2 Å². The maximum atomic E-state index is 12.3. The molecule has 1 aliphatic rings. The molecule has 0 aromatic carbocycles. The van der Waals surface area contributed by atoms with Gasteiger partial charge in [-0.3, -0.25) is 4.79 Å². The van der Waals surface area contributed by atoms with Gasteiger partial charge in [-0.1, -0.05) is 12.1 Å². The summed E-state index contributed by atoms with van der Waals surface area (Å²) in [6, 6.07) is 9.19. The lowest BCUT2D eigenvalue weighted by Gasteiger charge is -2.32. The van der Waals surface area contributed by atoms with Crippen molar-refractivity contribution >= 4 is 11.7 Å². The van der Waals surface area contributed by atoms with Crippen LogP contribution in [0.5, 0.6) is 0 Å². The highest BCUT2D eigenvalue weighted by Crippen LogP contribution is 2.21. The van der Waals surface area contributed by atoms with Crippen LogP contribution in [0.2, 0.25) is 0 Å². The van der Waals surface area contributed by atoms with Gasteiger partial charge in [0.05, 0.1) is 6.10 Å². The van der Waals surface area contributed by atoms with Gasteiger partial charge in [-0.15, -0.1) is 0 Å². The summed E-state index contributed by atoms with van der Waals surface area (Å²) in [6.07, 6.45) is 3.19. The average Bonchev–Trinajstić information content (AvgIpc) is 2.60. The van der Waals surface area contributed by atoms with Crippen LogP contribution in [-0.4, -0.2) is 40.2 Å². The van der Waals surface area contributed by atoms with Crippen LogP contribution in [0.25, 0.3) is 0 Å². The minimum atomic E-state index is -0.320. The Morgan fingerprint density at radius 1 is 1.38 bits per heavy atom. The molecule has 0 unspecified atom stereocenters. The normalized spacial score (nSPS) is 17.6. The second kappa shape index (κ2) is 7.40. The van der Waals surface area contributed by atoms with Crippen molar-refractivity contribution < 1.29 is 9.90 Å². The van der Waals surface area contributed by atoms with Crippen LogP contribution >= 0.6 is 0 Å². The Hall–Kier alpha value is -2.47. The predicted octanol–water partition coefficient (Wildman–Crippen LogP) is 1.68. The van der Waals surface area contributed by atoms with Crippen molar-refractivity contribution in [2.45, 2.75) is 32.4 Å². The molecule has 2 N–H and O–H groups in total. The van der Waals surface area contributed by atoms with Crippen LogP contribution in [0.15, 0.2) is 36.5 Å². The van der Waals surface area contributed by atoms with Crippen molar-refractivity contribution in [3.63, 3.8) is 0 Å². The van der Waals surface area contributed by atoms with Crippen molar-refractivity contribution in [2.24, 2.45) is 0 Å². The predicted molar refractivity (Wildman–Crippen MR) is 91.8 cm³/mol. The summed E-state index contributed by atoms with van der Waals surface area (Å²) in [7, 11) is 0. The lowest BCUT2D eigenvalue weighted by molar-refractivity contribution is 0.0945. The zero-order valence-electron chi connectivity index (χ0n) is 13.8. The molecule has 0 spiro atoms. The molecule has 1 aliphatic heterocycles. The molecule has 0 bridgehead atoms. The summed E-state index contributed by atoms with van der Waals surface area (Å²) in [5, 5.41) is 12.8. The molecule has 1 atom stereocenters. The first-order valence-corrected chi connectivity index (χ1v) is 8.22. The van der Waals surface area contributed by atoms with Gasteiger partial charge in [0, 0.05) is 37.1 Å². The minimum absolute atomic E-state index is 0.202. The number of amides is 1. The van der Waals surface area contributed by atoms with E-state index in [-0.39, 0.29) is 12.0 Å². The third kappa shape index (κ3) is 3.89. The van der Waals surface area contributed by atoms with Gasteiger partial charge in [0.1, 0.15) is 11.5 Å². The van der Waals surface area contributed by atoms with Crippen LogP contribution < -0.4 is 10.2 Å². The van der Waals surface area contributed by atoms with Crippen LogP contribution in [0.3, 0.4) is 0 Å². The number of anilines is 1. The summed E-state index contributed by atoms with van der Waals surface area (Å²) in [5.41, 5.74) is 2.16. The number of hydrogen-bond donors (Lipinski definition) is 2. The Morgan fingerprint density at radius 3 is 3.04 bits per heavy atom. The number of aryl methyl sites for hydroxylation is 1. The first kappa shape index (κ1) is 16.4. The second-order valence-corrected chi connectivity index (χ2v) is 6.08. The maximum absolute atomic E-state index is 12.3. The molecule has 1 fully saturated rings. The van der Waals surface area contributed by atoms with E-state index in [1.54, 1.807) is 12.3 Å². The van der Waals surface area contributed by atoms with Crippen LogP contribution in [-0.2, 0) is 6.54 Å². The van der Waals surface area contributed by atoms with Crippen molar-refractivity contribution in [2.75, 3.05) is 18.0 Å². The molecular weight excluding hydrogens is 304 g/mol. The largest absolute Gasteiger partial charge is 0.391 e. The zero-order chi connectivity index (χ0) is 16.9. The highest BCUT2D eigenvalue weighted by atomic mass is 16.3. The fraction of sp³-hybridized carbons (Fsp3) is 0.389. The van der Waals surface area contributed by atoms with Gasteiger partial charge < -0.3 is 15.3 Å².